The van der Waals surface area contributed by atoms with Crippen molar-refractivity contribution in [3.8, 4) is 0 Å². The number of fused-ring (bicyclic) bond motifs is 1. The standard InChI is InChI=1S/C11H12N4O/c12-9(16)6-2-1-3-7-8(6)15-10(14-7)11(13)4-5-11/h1-3H,4-5,13H2,(H2,12,16)(H,14,15). The smallest absolute Gasteiger partial charge is 0.250 e. The van der Waals surface area contributed by atoms with Gasteiger partial charge in [0.15, 0.2) is 0 Å². The van der Waals surface area contributed by atoms with Gasteiger partial charge in [-0.15, -0.1) is 0 Å². The minimum Gasteiger partial charge on any atom is -0.366 e. The molecule has 1 aromatic carbocycles. The van der Waals surface area contributed by atoms with Crippen molar-refractivity contribution in [2.75, 3.05) is 0 Å². The average Bonchev–Trinajstić information content (AvgIpc) is 2.85. The summed E-state index contributed by atoms with van der Waals surface area (Å²) < 4.78 is 0. The molecule has 0 unspecified atom stereocenters. The van der Waals surface area contributed by atoms with Gasteiger partial charge in [0.2, 0.25) is 0 Å². The Bertz CT molecular complexity index is 583. The van der Waals surface area contributed by atoms with E-state index < -0.39 is 5.91 Å². The van der Waals surface area contributed by atoms with Crippen molar-refractivity contribution in [1.29, 1.82) is 0 Å². The highest BCUT2D eigenvalue weighted by Crippen LogP contribution is 2.41. The minimum atomic E-state index is -0.467. The van der Waals surface area contributed by atoms with E-state index in [0.717, 1.165) is 24.2 Å². The minimum absolute atomic E-state index is 0.325. The Balaban J connectivity index is 2.24. The topological polar surface area (TPSA) is 97.8 Å². The molecule has 0 aliphatic heterocycles. The number of H-pyrrole nitrogens is 1. The number of imidazole rings is 1. The maximum atomic E-state index is 11.2. The lowest BCUT2D eigenvalue weighted by molar-refractivity contribution is 0.100. The van der Waals surface area contributed by atoms with E-state index in [9.17, 15) is 4.79 Å². The van der Waals surface area contributed by atoms with E-state index in [1.807, 2.05) is 6.07 Å². The van der Waals surface area contributed by atoms with Crippen LogP contribution in [0.15, 0.2) is 18.2 Å². The molecule has 0 bridgehead atoms. The molecule has 1 heterocycles. The third-order valence-corrected chi connectivity index (χ3v) is 3.04. The van der Waals surface area contributed by atoms with Crippen LogP contribution in [-0.4, -0.2) is 15.9 Å². The van der Waals surface area contributed by atoms with Gasteiger partial charge < -0.3 is 16.5 Å². The number of aromatic nitrogens is 2. The van der Waals surface area contributed by atoms with Crippen LogP contribution in [0.1, 0.15) is 29.0 Å². The predicted molar refractivity (Wildman–Crippen MR) is 59.7 cm³/mol. The summed E-state index contributed by atoms with van der Waals surface area (Å²) in [7, 11) is 0. The number of carbonyl (C=O) groups excluding carboxylic acids is 1. The number of rotatable bonds is 2. The Morgan fingerprint density at radius 3 is 2.81 bits per heavy atom. The molecule has 16 heavy (non-hydrogen) atoms. The molecular weight excluding hydrogens is 204 g/mol. The Labute approximate surface area is 91.8 Å². The first-order valence-electron chi connectivity index (χ1n) is 5.18. The quantitative estimate of drug-likeness (QED) is 0.685. The molecule has 1 saturated carbocycles. The highest BCUT2D eigenvalue weighted by atomic mass is 16.1. The summed E-state index contributed by atoms with van der Waals surface area (Å²) in [6.45, 7) is 0. The first kappa shape index (κ1) is 9.35. The number of nitrogens with zero attached hydrogens (tertiary/aromatic N) is 1. The SMILES string of the molecule is NC(=O)c1cccc2[nH]c(C3(N)CC3)nc12. The number of aromatic amines is 1. The van der Waals surface area contributed by atoms with Gasteiger partial charge in [-0.05, 0) is 25.0 Å². The maximum absolute atomic E-state index is 11.2. The molecule has 2 aromatic rings. The summed E-state index contributed by atoms with van der Waals surface area (Å²) in [6, 6.07) is 5.32. The monoisotopic (exact) mass is 216 g/mol. The average molecular weight is 216 g/mol. The van der Waals surface area contributed by atoms with Crippen LogP contribution in [-0.2, 0) is 5.54 Å². The van der Waals surface area contributed by atoms with E-state index in [0.29, 0.717) is 11.1 Å². The zero-order valence-electron chi connectivity index (χ0n) is 8.66. The van der Waals surface area contributed by atoms with E-state index in [2.05, 4.69) is 9.97 Å². The molecule has 0 saturated heterocycles. The first-order chi connectivity index (χ1) is 7.60. The zero-order chi connectivity index (χ0) is 11.3. The fraction of sp³-hybridized carbons (Fsp3) is 0.273. The number of carbonyl (C=O) groups is 1. The molecule has 3 rings (SSSR count). The van der Waals surface area contributed by atoms with E-state index in [-0.39, 0.29) is 5.54 Å². The molecule has 1 aliphatic carbocycles. The zero-order valence-corrected chi connectivity index (χ0v) is 8.66. The molecule has 5 nitrogen and oxygen atoms in total. The number of hydrogen-bond donors (Lipinski definition) is 3. The van der Waals surface area contributed by atoms with E-state index in [1.54, 1.807) is 12.1 Å². The molecule has 1 aromatic heterocycles. The van der Waals surface area contributed by atoms with Crippen LogP contribution in [0.2, 0.25) is 0 Å². The second-order valence-corrected chi connectivity index (χ2v) is 4.31. The number of hydrogen-bond acceptors (Lipinski definition) is 3. The number of primary amides is 1. The van der Waals surface area contributed by atoms with Gasteiger partial charge in [0.05, 0.1) is 16.6 Å². The van der Waals surface area contributed by atoms with Crippen molar-refractivity contribution in [1.82, 2.24) is 9.97 Å². The van der Waals surface area contributed by atoms with Gasteiger partial charge in [-0.25, -0.2) is 4.98 Å². The number of para-hydroxylation sites is 1. The molecule has 5 N–H and O–H groups in total. The van der Waals surface area contributed by atoms with Crippen molar-refractivity contribution >= 4 is 16.9 Å². The van der Waals surface area contributed by atoms with E-state index in [1.165, 1.54) is 0 Å². The van der Waals surface area contributed by atoms with Crippen molar-refractivity contribution < 1.29 is 4.79 Å². The second kappa shape index (κ2) is 2.82. The lowest BCUT2D eigenvalue weighted by atomic mass is 10.2. The second-order valence-electron chi connectivity index (χ2n) is 4.31. The molecule has 1 amide bonds. The summed E-state index contributed by atoms with van der Waals surface area (Å²) >= 11 is 0. The molecule has 82 valence electrons. The van der Waals surface area contributed by atoms with Gasteiger partial charge >= 0.3 is 0 Å². The summed E-state index contributed by atoms with van der Waals surface area (Å²) in [6.07, 6.45) is 1.86. The summed E-state index contributed by atoms with van der Waals surface area (Å²) in [4.78, 5) is 18.8. The van der Waals surface area contributed by atoms with Crippen LogP contribution in [0, 0.1) is 0 Å². The normalized spacial score (nSPS) is 17.6. The van der Waals surface area contributed by atoms with E-state index in [4.69, 9.17) is 11.5 Å². The van der Waals surface area contributed by atoms with Crippen molar-refractivity contribution in [3.63, 3.8) is 0 Å². The Morgan fingerprint density at radius 2 is 2.19 bits per heavy atom. The third-order valence-electron chi connectivity index (χ3n) is 3.04. The van der Waals surface area contributed by atoms with Gasteiger partial charge in [-0.2, -0.15) is 0 Å². The summed E-state index contributed by atoms with van der Waals surface area (Å²) in [5, 5.41) is 0. The van der Waals surface area contributed by atoms with Gasteiger partial charge in [-0.1, -0.05) is 6.07 Å². The molecule has 5 heteroatoms. The maximum Gasteiger partial charge on any atom is 0.250 e. The molecule has 0 atom stereocenters. The Kier molecular flexibility index (Phi) is 1.65. The molecular formula is C11H12N4O. The summed E-state index contributed by atoms with van der Waals surface area (Å²) in [5.41, 5.74) is 12.9. The number of nitrogens with one attached hydrogen (secondary N) is 1. The molecule has 0 radical (unpaired) electrons. The van der Waals surface area contributed by atoms with Crippen LogP contribution in [0.3, 0.4) is 0 Å². The fourth-order valence-corrected chi connectivity index (χ4v) is 1.84. The van der Waals surface area contributed by atoms with Crippen LogP contribution < -0.4 is 11.5 Å². The van der Waals surface area contributed by atoms with Gasteiger partial charge in [0, 0.05) is 0 Å². The fourth-order valence-electron chi connectivity index (χ4n) is 1.84. The lowest BCUT2D eigenvalue weighted by Crippen LogP contribution is -2.20. The number of nitrogens with two attached hydrogens (primary N) is 2. The third kappa shape index (κ3) is 1.22. The van der Waals surface area contributed by atoms with Gasteiger partial charge in [0.1, 0.15) is 11.3 Å². The van der Waals surface area contributed by atoms with Crippen LogP contribution in [0.4, 0.5) is 0 Å². The Morgan fingerprint density at radius 1 is 1.44 bits per heavy atom. The number of amides is 1. The van der Waals surface area contributed by atoms with Crippen molar-refractivity contribution in [2.45, 2.75) is 18.4 Å². The van der Waals surface area contributed by atoms with Gasteiger partial charge in [0.25, 0.3) is 5.91 Å². The molecule has 1 fully saturated rings. The Hall–Kier alpha value is -1.88. The first-order valence-corrected chi connectivity index (χ1v) is 5.18. The van der Waals surface area contributed by atoms with Crippen molar-refractivity contribution in [2.24, 2.45) is 11.5 Å². The number of benzene rings is 1. The van der Waals surface area contributed by atoms with E-state index >= 15 is 0 Å². The summed E-state index contributed by atoms with van der Waals surface area (Å²) in [5.74, 6) is 0.279. The van der Waals surface area contributed by atoms with Crippen LogP contribution >= 0.6 is 0 Å². The largest absolute Gasteiger partial charge is 0.366 e. The predicted octanol–water partition coefficient (Wildman–Crippen LogP) is 0.610. The lowest BCUT2D eigenvalue weighted by Gasteiger charge is -2.01. The van der Waals surface area contributed by atoms with Crippen molar-refractivity contribution in [3.05, 3.63) is 29.6 Å². The highest BCUT2D eigenvalue weighted by Gasteiger charge is 2.43. The van der Waals surface area contributed by atoms with Crippen LogP contribution in [0.25, 0.3) is 11.0 Å². The van der Waals surface area contributed by atoms with Crippen LogP contribution in [0.5, 0.6) is 0 Å². The van der Waals surface area contributed by atoms with Gasteiger partial charge in [-0.3, -0.25) is 4.79 Å². The highest BCUT2D eigenvalue weighted by molar-refractivity contribution is 6.04. The molecule has 1 aliphatic rings. The molecule has 0 spiro atoms.